The number of aliphatic imine (C=N–C) groups is 1. The fourth-order valence-corrected chi connectivity index (χ4v) is 3.20. The van der Waals surface area contributed by atoms with E-state index in [0.29, 0.717) is 0 Å². The summed E-state index contributed by atoms with van der Waals surface area (Å²) in [6.45, 7) is 0. The topological polar surface area (TPSA) is 56.2 Å². The first-order valence-electron chi connectivity index (χ1n) is 7.16. The Morgan fingerprint density at radius 2 is 1.83 bits per heavy atom. The number of nitrogens with zero attached hydrogens (tertiary/aromatic N) is 4. The zero-order chi connectivity index (χ0) is 16.8. The van der Waals surface area contributed by atoms with E-state index >= 15 is 0 Å². The second-order valence-electron chi connectivity index (χ2n) is 5.66. The molecule has 0 saturated carbocycles. The van der Waals surface area contributed by atoms with Crippen molar-refractivity contribution in [3.8, 4) is 0 Å². The summed E-state index contributed by atoms with van der Waals surface area (Å²) < 4.78 is 0. The number of hydrogen-bond donors (Lipinski definition) is 0. The number of urea groups is 1. The highest BCUT2D eigenvalue weighted by Gasteiger charge is 2.59. The van der Waals surface area contributed by atoms with Gasteiger partial charge >= 0.3 is 6.03 Å². The molecular formula is C16H17ClN4O2. The van der Waals surface area contributed by atoms with Crippen LogP contribution in [0.2, 0.25) is 0 Å². The van der Waals surface area contributed by atoms with Gasteiger partial charge in [-0.1, -0.05) is 36.4 Å². The molecule has 0 radical (unpaired) electrons. The highest BCUT2D eigenvalue weighted by molar-refractivity contribution is 6.65. The number of halogens is 1. The average Bonchev–Trinajstić information content (AvgIpc) is 2.82. The van der Waals surface area contributed by atoms with Crippen LogP contribution in [0.4, 0.5) is 4.79 Å². The second kappa shape index (κ2) is 5.38. The van der Waals surface area contributed by atoms with Crippen molar-refractivity contribution in [2.75, 3.05) is 21.1 Å². The standard InChI is InChI=1S/C16H17ClN4O2/c1-19-12-13(22)20(2)15(23)21(3)16(12,18-14(19)17)10-9-11-7-5-4-6-8-11/h4-10,12H,1-3H3/b10-9+. The molecule has 1 aromatic rings. The number of amides is 3. The maximum Gasteiger partial charge on any atom is 0.328 e. The molecule has 2 aliphatic heterocycles. The van der Waals surface area contributed by atoms with Crippen LogP contribution in [0.15, 0.2) is 41.4 Å². The van der Waals surface area contributed by atoms with Crippen LogP contribution >= 0.6 is 11.6 Å². The van der Waals surface area contributed by atoms with E-state index in [-0.39, 0.29) is 11.2 Å². The van der Waals surface area contributed by atoms with Crippen molar-refractivity contribution >= 4 is 34.9 Å². The Bertz CT molecular complexity index is 718. The van der Waals surface area contributed by atoms with Gasteiger partial charge in [0.1, 0.15) is 0 Å². The molecule has 1 fully saturated rings. The maximum absolute atomic E-state index is 12.6. The number of amidine groups is 1. The van der Waals surface area contributed by atoms with E-state index < -0.39 is 17.7 Å². The van der Waals surface area contributed by atoms with Gasteiger partial charge in [-0.25, -0.2) is 9.79 Å². The van der Waals surface area contributed by atoms with Crippen LogP contribution in [-0.4, -0.2) is 64.8 Å². The Kier molecular flexibility index (Phi) is 3.64. The van der Waals surface area contributed by atoms with Gasteiger partial charge in [0.25, 0.3) is 5.91 Å². The van der Waals surface area contributed by atoms with Crippen molar-refractivity contribution in [1.29, 1.82) is 0 Å². The summed E-state index contributed by atoms with van der Waals surface area (Å²) in [6, 6.07) is 8.54. The van der Waals surface area contributed by atoms with Gasteiger partial charge in [0, 0.05) is 21.1 Å². The molecule has 1 aromatic carbocycles. The van der Waals surface area contributed by atoms with E-state index in [9.17, 15) is 9.59 Å². The number of carbonyl (C=O) groups is 2. The predicted molar refractivity (Wildman–Crippen MR) is 89.0 cm³/mol. The van der Waals surface area contributed by atoms with E-state index in [0.717, 1.165) is 10.5 Å². The molecule has 6 nitrogen and oxygen atoms in total. The monoisotopic (exact) mass is 332 g/mol. The molecule has 23 heavy (non-hydrogen) atoms. The molecular weight excluding hydrogens is 316 g/mol. The first kappa shape index (κ1) is 15.6. The number of rotatable bonds is 2. The molecule has 2 heterocycles. The fourth-order valence-electron chi connectivity index (χ4n) is 2.96. The minimum atomic E-state index is -1.14. The molecule has 0 spiro atoms. The molecule has 0 N–H and O–H groups in total. The normalized spacial score (nSPS) is 27.7. The van der Waals surface area contributed by atoms with Gasteiger partial charge in [-0.15, -0.1) is 0 Å². The number of imide groups is 1. The van der Waals surface area contributed by atoms with Crippen molar-refractivity contribution < 1.29 is 9.59 Å². The molecule has 2 atom stereocenters. The lowest BCUT2D eigenvalue weighted by Gasteiger charge is -2.45. The van der Waals surface area contributed by atoms with E-state index in [2.05, 4.69) is 4.99 Å². The van der Waals surface area contributed by atoms with Crippen LogP contribution in [0, 0.1) is 0 Å². The summed E-state index contributed by atoms with van der Waals surface area (Å²) in [5.41, 5.74) is -0.184. The Balaban J connectivity index is 2.09. The lowest BCUT2D eigenvalue weighted by molar-refractivity contribution is -0.137. The van der Waals surface area contributed by atoms with E-state index in [4.69, 9.17) is 11.6 Å². The van der Waals surface area contributed by atoms with Crippen molar-refractivity contribution in [2.24, 2.45) is 4.99 Å². The van der Waals surface area contributed by atoms with Crippen LogP contribution < -0.4 is 0 Å². The summed E-state index contributed by atoms with van der Waals surface area (Å²) in [5, 5.41) is 0.205. The van der Waals surface area contributed by atoms with Crippen LogP contribution in [0.5, 0.6) is 0 Å². The van der Waals surface area contributed by atoms with Gasteiger partial charge < -0.3 is 4.90 Å². The molecule has 2 unspecified atom stereocenters. The van der Waals surface area contributed by atoms with Crippen LogP contribution in [0.1, 0.15) is 5.56 Å². The average molecular weight is 333 g/mol. The summed E-state index contributed by atoms with van der Waals surface area (Å²) >= 11 is 6.17. The minimum absolute atomic E-state index is 0.205. The molecule has 0 aromatic heterocycles. The fraction of sp³-hybridized carbons (Fsp3) is 0.312. The van der Waals surface area contributed by atoms with Gasteiger partial charge in [0.15, 0.2) is 17.0 Å². The summed E-state index contributed by atoms with van der Waals surface area (Å²) in [7, 11) is 4.79. The third-order valence-corrected chi connectivity index (χ3v) is 4.70. The molecule has 1 saturated heterocycles. The highest BCUT2D eigenvalue weighted by atomic mass is 35.5. The summed E-state index contributed by atoms with van der Waals surface area (Å²) in [5.74, 6) is -0.326. The summed E-state index contributed by atoms with van der Waals surface area (Å²) in [6.07, 6.45) is 3.61. The zero-order valence-electron chi connectivity index (χ0n) is 13.1. The largest absolute Gasteiger partial charge is 0.334 e. The van der Waals surface area contributed by atoms with Crippen LogP contribution in [0.3, 0.4) is 0 Å². The number of fused-ring (bicyclic) bond motifs is 1. The first-order chi connectivity index (χ1) is 10.9. The van der Waals surface area contributed by atoms with Gasteiger partial charge in [0.05, 0.1) is 0 Å². The molecule has 3 amide bonds. The quantitative estimate of drug-likeness (QED) is 0.776. The van der Waals surface area contributed by atoms with E-state index in [1.165, 1.54) is 11.9 Å². The van der Waals surface area contributed by atoms with Crippen molar-refractivity contribution in [3.05, 3.63) is 42.0 Å². The summed E-state index contributed by atoms with van der Waals surface area (Å²) in [4.78, 5) is 33.6. The molecule has 7 heteroatoms. The zero-order valence-corrected chi connectivity index (χ0v) is 13.9. The van der Waals surface area contributed by atoms with Gasteiger partial charge in [-0.3, -0.25) is 14.6 Å². The number of hydrogen-bond acceptors (Lipinski definition) is 4. The van der Waals surface area contributed by atoms with Crippen LogP contribution in [-0.2, 0) is 4.79 Å². The maximum atomic E-state index is 12.6. The van der Waals surface area contributed by atoms with Gasteiger partial charge in [-0.05, 0) is 23.2 Å². The number of benzene rings is 1. The van der Waals surface area contributed by atoms with Crippen molar-refractivity contribution in [1.82, 2.24) is 14.7 Å². The lowest BCUT2D eigenvalue weighted by atomic mass is 9.94. The third kappa shape index (κ3) is 2.21. The van der Waals surface area contributed by atoms with Crippen LogP contribution in [0.25, 0.3) is 6.08 Å². The predicted octanol–water partition coefficient (Wildman–Crippen LogP) is 1.83. The Hall–Kier alpha value is -2.34. The highest BCUT2D eigenvalue weighted by Crippen LogP contribution is 2.38. The second-order valence-corrected chi connectivity index (χ2v) is 6.00. The van der Waals surface area contributed by atoms with Crippen molar-refractivity contribution in [2.45, 2.75) is 11.7 Å². The molecule has 0 bridgehead atoms. The Labute approximate surface area is 139 Å². The molecule has 0 aliphatic carbocycles. The Morgan fingerprint density at radius 1 is 1.17 bits per heavy atom. The molecule has 2 aliphatic rings. The SMILES string of the molecule is CN1C(=O)C2N(C)C(Cl)=NC2(/C=C/c2ccccc2)N(C)C1=O. The smallest absolute Gasteiger partial charge is 0.328 e. The Morgan fingerprint density at radius 3 is 2.48 bits per heavy atom. The van der Waals surface area contributed by atoms with Crippen molar-refractivity contribution in [3.63, 3.8) is 0 Å². The molecule has 3 rings (SSSR count). The minimum Gasteiger partial charge on any atom is -0.334 e. The molecule has 120 valence electrons. The lowest BCUT2D eigenvalue weighted by Crippen LogP contribution is -2.69. The van der Waals surface area contributed by atoms with Gasteiger partial charge in [-0.2, -0.15) is 0 Å². The number of carbonyl (C=O) groups excluding carboxylic acids is 2. The first-order valence-corrected chi connectivity index (χ1v) is 7.54. The number of likely N-dealkylation sites (N-methyl/N-ethyl adjacent to an activating group) is 3. The van der Waals surface area contributed by atoms with Gasteiger partial charge in [0.2, 0.25) is 0 Å². The third-order valence-electron chi connectivity index (χ3n) is 4.35. The van der Waals surface area contributed by atoms with E-state index in [1.807, 2.05) is 36.4 Å². The van der Waals surface area contributed by atoms with E-state index in [1.54, 1.807) is 25.1 Å².